The summed E-state index contributed by atoms with van der Waals surface area (Å²) in [4.78, 5) is 18.9. The molecule has 1 amide bonds. The minimum absolute atomic E-state index is 0.0379. The summed E-state index contributed by atoms with van der Waals surface area (Å²) in [6, 6.07) is 14.0. The second-order valence-electron chi connectivity index (χ2n) is 9.83. The molecule has 178 valence electrons. The Morgan fingerprint density at radius 2 is 1.85 bits per heavy atom. The summed E-state index contributed by atoms with van der Waals surface area (Å²) in [5, 5.41) is 21.0. The van der Waals surface area contributed by atoms with Gasteiger partial charge in [-0.05, 0) is 72.9 Å². The van der Waals surface area contributed by atoms with Crippen LogP contribution in [0.5, 0.6) is 0 Å². The maximum Gasteiger partial charge on any atom is 0.249 e. The van der Waals surface area contributed by atoms with Crippen molar-refractivity contribution in [1.29, 1.82) is 5.26 Å². The molecule has 1 atom stereocenters. The summed E-state index contributed by atoms with van der Waals surface area (Å²) in [7, 11) is 0. The van der Waals surface area contributed by atoms with Crippen LogP contribution in [0.1, 0.15) is 60.4 Å². The van der Waals surface area contributed by atoms with Crippen LogP contribution in [0.4, 0.5) is 4.39 Å². The van der Waals surface area contributed by atoms with Crippen LogP contribution < -0.4 is 0 Å². The number of amides is 1. The van der Waals surface area contributed by atoms with Crippen LogP contribution in [0.2, 0.25) is 0 Å². The number of aliphatic hydroxyl groups is 1. The van der Waals surface area contributed by atoms with Gasteiger partial charge in [0.2, 0.25) is 5.91 Å². The Labute approximate surface area is 198 Å². The minimum Gasteiger partial charge on any atom is -0.380 e. The number of carbonyl (C=O) groups excluding carboxylic acids is 1. The van der Waals surface area contributed by atoms with Crippen molar-refractivity contribution >= 4 is 5.91 Å². The Kier molecular flexibility index (Phi) is 6.39. The molecule has 1 saturated carbocycles. The van der Waals surface area contributed by atoms with E-state index in [-0.39, 0.29) is 23.4 Å². The smallest absolute Gasteiger partial charge is 0.249 e. The molecule has 2 aromatic rings. The molecule has 3 aliphatic rings. The topological polar surface area (TPSA) is 82.8 Å². The first-order valence-corrected chi connectivity index (χ1v) is 12.0. The molecule has 7 heteroatoms. The average Bonchev–Trinajstić information content (AvgIpc) is 3.33. The lowest BCUT2D eigenvalue weighted by Crippen LogP contribution is -2.46. The monoisotopic (exact) mass is 464 g/mol. The van der Waals surface area contributed by atoms with Gasteiger partial charge in [0.15, 0.2) is 0 Å². The van der Waals surface area contributed by atoms with E-state index in [4.69, 9.17) is 14.8 Å². The molecule has 3 fully saturated rings. The number of carbonyl (C=O) groups is 1. The van der Waals surface area contributed by atoms with Crippen molar-refractivity contribution in [2.75, 3.05) is 19.8 Å². The van der Waals surface area contributed by atoms with E-state index < -0.39 is 11.4 Å². The van der Waals surface area contributed by atoms with Crippen molar-refractivity contribution in [3.05, 3.63) is 70.5 Å². The second-order valence-corrected chi connectivity index (χ2v) is 9.83. The highest BCUT2D eigenvalue weighted by molar-refractivity contribution is 5.78. The molecule has 0 bridgehead atoms. The third kappa shape index (κ3) is 4.58. The van der Waals surface area contributed by atoms with Gasteiger partial charge in [-0.15, -0.1) is 0 Å². The molecule has 2 heterocycles. The summed E-state index contributed by atoms with van der Waals surface area (Å²) in [6.45, 7) is 1.11. The van der Waals surface area contributed by atoms with Gasteiger partial charge in [-0.3, -0.25) is 9.63 Å². The van der Waals surface area contributed by atoms with Gasteiger partial charge < -0.3 is 9.84 Å². The molecule has 2 saturated heterocycles. The summed E-state index contributed by atoms with van der Waals surface area (Å²) >= 11 is 0. The maximum absolute atomic E-state index is 14.0. The number of hydroxylamine groups is 2. The molecule has 2 aromatic carbocycles. The van der Waals surface area contributed by atoms with Crippen molar-refractivity contribution in [2.45, 2.75) is 50.2 Å². The van der Waals surface area contributed by atoms with Crippen molar-refractivity contribution < 1.29 is 23.9 Å². The van der Waals surface area contributed by atoms with E-state index in [0.29, 0.717) is 37.7 Å². The SMILES string of the molecule is N#Cc1cc(F)cc([C@@H]2CCON2C(=O)[C@H]2CC[C@H](Cc3ccc(C4(O)COC4)cc3)CC2)c1. The van der Waals surface area contributed by atoms with Gasteiger partial charge in [-0.1, -0.05) is 24.3 Å². The number of rotatable bonds is 5. The summed E-state index contributed by atoms with van der Waals surface area (Å²) in [6.07, 6.45) is 5.08. The standard InChI is InChI=1S/C27H29FN2O4/c28-24-13-20(15-29)12-22(14-24)25-9-10-34-30(25)26(31)21-5-1-18(2-6-21)11-19-3-7-23(8-4-19)27(32)16-33-17-27/h3-4,7-8,12-14,18,21,25,32H,1-2,5-6,9-11,16-17H2/t18-,21-,25-/m0/s1. The van der Waals surface area contributed by atoms with Crippen LogP contribution in [-0.2, 0) is 26.4 Å². The number of hydrogen-bond donors (Lipinski definition) is 1. The highest BCUT2D eigenvalue weighted by Gasteiger charge is 2.39. The van der Waals surface area contributed by atoms with Gasteiger partial charge in [0, 0.05) is 12.3 Å². The predicted molar refractivity (Wildman–Crippen MR) is 122 cm³/mol. The van der Waals surface area contributed by atoms with E-state index in [1.54, 1.807) is 6.07 Å². The van der Waals surface area contributed by atoms with Crippen molar-refractivity contribution in [3.8, 4) is 6.07 Å². The Morgan fingerprint density at radius 1 is 1.12 bits per heavy atom. The van der Waals surface area contributed by atoms with Crippen LogP contribution in [0, 0.1) is 29.0 Å². The molecular weight excluding hydrogens is 435 g/mol. The second kappa shape index (κ2) is 9.46. The molecule has 0 radical (unpaired) electrons. The van der Waals surface area contributed by atoms with E-state index in [2.05, 4.69) is 12.1 Å². The zero-order valence-corrected chi connectivity index (χ0v) is 19.1. The fourth-order valence-electron chi connectivity index (χ4n) is 5.40. The summed E-state index contributed by atoms with van der Waals surface area (Å²) < 4.78 is 19.1. The van der Waals surface area contributed by atoms with Crippen LogP contribution in [-0.4, -0.2) is 35.9 Å². The lowest BCUT2D eigenvalue weighted by molar-refractivity contribution is -0.184. The van der Waals surface area contributed by atoms with Crippen molar-refractivity contribution in [2.24, 2.45) is 11.8 Å². The maximum atomic E-state index is 14.0. The Bertz CT molecular complexity index is 1080. The van der Waals surface area contributed by atoms with Crippen molar-refractivity contribution in [1.82, 2.24) is 5.06 Å². The van der Waals surface area contributed by atoms with Gasteiger partial charge in [0.05, 0.1) is 37.5 Å². The highest BCUT2D eigenvalue weighted by Crippen LogP contribution is 2.38. The molecule has 34 heavy (non-hydrogen) atoms. The fraction of sp³-hybridized carbons (Fsp3) is 0.481. The number of hydrogen-bond acceptors (Lipinski definition) is 5. The normalized spacial score (nSPS) is 26.0. The lowest BCUT2D eigenvalue weighted by atomic mass is 9.78. The number of nitriles is 1. The van der Waals surface area contributed by atoms with Gasteiger partial charge >= 0.3 is 0 Å². The first kappa shape index (κ1) is 23.0. The zero-order valence-electron chi connectivity index (χ0n) is 19.1. The number of ether oxygens (including phenoxy) is 1. The lowest BCUT2D eigenvalue weighted by Gasteiger charge is -2.36. The number of nitrogens with zero attached hydrogens (tertiary/aromatic N) is 2. The predicted octanol–water partition coefficient (Wildman–Crippen LogP) is 4.17. The molecule has 2 aliphatic heterocycles. The Morgan fingerprint density at radius 3 is 2.50 bits per heavy atom. The zero-order chi connectivity index (χ0) is 23.7. The van der Waals surface area contributed by atoms with E-state index in [0.717, 1.165) is 37.7 Å². The van der Waals surface area contributed by atoms with Gasteiger partial charge in [-0.2, -0.15) is 5.26 Å². The molecule has 0 spiro atoms. The third-order valence-corrected chi connectivity index (χ3v) is 7.45. The van der Waals surface area contributed by atoms with Crippen LogP contribution in [0.15, 0.2) is 42.5 Å². The van der Waals surface area contributed by atoms with Crippen LogP contribution in [0.25, 0.3) is 0 Å². The first-order chi connectivity index (χ1) is 16.4. The van der Waals surface area contributed by atoms with E-state index in [9.17, 15) is 14.3 Å². The Hall–Kier alpha value is -2.79. The van der Waals surface area contributed by atoms with Gasteiger partial charge in [-0.25, -0.2) is 9.45 Å². The fourth-order valence-corrected chi connectivity index (χ4v) is 5.40. The minimum atomic E-state index is -0.839. The summed E-state index contributed by atoms with van der Waals surface area (Å²) in [5.41, 5.74) is 2.16. The molecule has 6 nitrogen and oxygen atoms in total. The molecule has 0 aromatic heterocycles. The Balaban J connectivity index is 1.17. The molecule has 1 aliphatic carbocycles. The quantitative estimate of drug-likeness (QED) is 0.718. The highest BCUT2D eigenvalue weighted by atomic mass is 19.1. The van der Waals surface area contributed by atoms with Crippen LogP contribution >= 0.6 is 0 Å². The van der Waals surface area contributed by atoms with Gasteiger partial charge in [0.1, 0.15) is 11.4 Å². The van der Waals surface area contributed by atoms with Crippen molar-refractivity contribution in [3.63, 3.8) is 0 Å². The van der Waals surface area contributed by atoms with E-state index >= 15 is 0 Å². The third-order valence-electron chi connectivity index (χ3n) is 7.45. The molecule has 0 unspecified atom stereocenters. The van der Waals surface area contributed by atoms with E-state index in [1.807, 2.05) is 18.2 Å². The van der Waals surface area contributed by atoms with Crippen LogP contribution in [0.3, 0.4) is 0 Å². The number of halogens is 1. The van der Waals surface area contributed by atoms with E-state index in [1.165, 1.54) is 22.8 Å². The number of benzene rings is 2. The summed E-state index contributed by atoms with van der Waals surface area (Å²) in [5.74, 6) is -0.0982. The average molecular weight is 465 g/mol. The van der Waals surface area contributed by atoms with Gasteiger partial charge in [0.25, 0.3) is 0 Å². The molecule has 1 N–H and O–H groups in total. The largest absolute Gasteiger partial charge is 0.380 e. The first-order valence-electron chi connectivity index (χ1n) is 12.0. The molecular formula is C27H29FN2O4. The molecule has 5 rings (SSSR count).